The first-order chi connectivity index (χ1) is 13.4. The van der Waals surface area contributed by atoms with E-state index in [4.69, 9.17) is 0 Å². The van der Waals surface area contributed by atoms with E-state index in [1.165, 1.54) is 19.1 Å². The number of carbonyl (C=O) groups is 2. The molecule has 7 nitrogen and oxygen atoms in total. The number of rotatable bonds is 4. The Morgan fingerprint density at radius 2 is 2.21 bits per heavy atom. The Hall–Kier alpha value is -3.16. The third kappa shape index (κ3) is 3.37. The summed E-state index contributed by atoms with van der Waals surface area (Å²) in [5.74, 6) is -0.995. The van der Waals surface area contributed by atoms with Crippen LogP contribution in [0.2, 0.25) is 0 Å². The average Bonchev–Trinajstić information content (AvgIpc) is 3.22. The number of aryl methyl sites for hydroxylation is 1. The molecular formula is C20H22FN5O2. The Morgan fingerprint density at radius 3 is 3.00 bits per heavy atom. The molecule has 0 radical (unpaired) electrons. The molecule has 0 spiro atoms. The van der Waals surface area contributed by atoms with Crippen LogP contribution in [0.4, 0.5) is 4.39 Å². The molecular weight excluding hydrogens is 361 g/mol. The van der Waals surface area contributed by atoms with Crippen molar-refractivity contribution < 1.29 is 14.0 Å². The first-order valence-electron chi connectivity index (χ1n) is 9.23. The molecule has 0 aliphatic carbocycles. The third-order valence-corrected chi connectivity index (χ3v) is 5.22. The van der Waals surface area contributed by atoms with Crippen molar-refractivity contribution in [3.63, 3.8) is 0 Å². The van der Waals surface area contributed by atoms with E-state index in [0.717, 1.165) is 27.7 Å². The van der Waals surface area contributed by atoms with Crippen LogP contribution in [0.25, 0.3) is 10.9 Å². The Balaban J connectivity index is 1.45. The van der Waals surface area contributed by atoms with Crippen molar-refractivity contribution in [2.45, 2.75) is 25.8 Å². The van der Waals surface area contributed by atoms with Crippen molar-refractivity contribution in [2.75, 3.05) is 13.1 Å². The van der Waals surface area contributed by atoms with Gasteiger partial charge in [-0.1, -0.05) is 0 Å². The van der Waals surface area contributed by atoms with Crippen LogP contribution in [-0.2, 0) is 29.6 Å². The number of amides is 2. The fraction of sp³-hybridized carbons (Fsp3) is 0.350. The first kappa shape index (κ1) is 18.2. The summed E-state index contributed by atoms with van der Waals surface area (Å²) in [6.07, 6.45) is 4.27. The molecule has 1 aliphatic heterocycles. The van der Waals surface area contributed by atoms with Crippen LogP contribution in [0, 0.1) is 5.82 Å². The van der Waals surface area contributed by atoms with Gasteiger partial charge in [-0.3, -0.25) is 14.3 Å². The summed E-state index contributed by atoms with van der Waals surface area (Å²) in [5.41, 5.74) is 3.44. The minimum atomic E-state index is -0.491. The molecule has 0 bridgehead atoms. The van der Waals surface area contributed by atoms with Gasteiger partial charge in [-0.25, -0.2) is 4.39 Å². The Kier molecular flexibility index (Phi) is 4.62. The third-order valence-electron chi connectivity index (χ3n) is 5.22. The summed E-state index contributed by atoms with van der Waals surface area (Å²) in [6, 6.07) is 4.61. The van der Waals surface area contributed by atoms with Gasteiger partial charge in [0.2, 0.25) is 11.8 Å². The van der Waals surface area contributed by atoms with Gasteiger partial charge in [0.15, 0.2) is 0 Å². The lowest BCUT2D eigenvalue weighted by molar-refractivity contribution is -0.131. The van der Waals surface area contributed by atoms with Crippen molar-refractivity contribution in [1.82, 2.24) is 25.0 Å². The van der Waals surface area contributed by atoms with E-state index < -0.39 is 5.92 Å². The van der Waals surface area contributed by atoms with E-state index in [1.807, 2.05) is 19.4 Å². The standard InChI is InChI=1S/C20H22FN5O2/c1-12(27)26-10-14-9-25(2)24-19(14)17(11-26)20(28)22-6-5-13-8-23-18-4-3-15(21)7-16(13)18/h3-4,7-9,17,23H,5-6,10-11H2,1-2H3,(H,22,28). The van der Waals surface area contributed by atoms with Gasteiger partial charge in [0, 0.05) is 62.5 Å². The zero-order chi connectivity index (χ0) is 19.8. The van der Waals surface area contributed by atoms with Crippen LogP contribution in [0.3, 0.4) is 0 Å². The van der Waals surface area contributed by atoms with Gasteiger partial charge < -0.3 is 15.2 Å². The van der Waals surface area contributed by atoms with E-state index in [-0.39, 0.29) is 17.6 Å². The monoisotopic (exact) mass is 383 g/mol. The zero-order valence-corrected chi connectivity index (χ0v) is 15.8. The lowest BCUT2D eigenvalue weighted by Gasteiger charge is -2.30. The lowest BCUT2D eigenvalue weighted by atomic mass is 9.95. The molecule has 1 unspecified atom stereocenters. The molecule has 1 aliphatic rings. The summed E-state index contributed by atoms with van der Waals surface area (Å²) in [4.78, 5) is 29.4. The van der Waals surface area contributed by atoms with Gasteiger partial charge in [0.05, 0.1) is 11.6 Å². The number of aromatic nitrogens is 3. The molecule has 0 saturated heterocycles. The summed E-state index contributed by atoms with van der Waals surface area (Å²) in [6.45, 7) is 2.72. The van der Waals surface area contributed by atoms with Gasteiger partial charge in [-0.15, -0.1) is 0 Å². The highest BCUT2D eigenvalue weighted by molar-refractivity contribution is 5.86. The molecule has 3 heterocycles. The van der Waals surface area contributed by atoms with E-state index in [9.17, 15) is 14.0 Å². The number of aromatic amines is 1. The molecule has 2 aromatic heterocycles. The number of carbonyl (C=O) groups excluding carboxylic acids is 2. The Bertz CT molecular complexity index is 1050. The second-order valence-corrected chi connectivity index (χ2v) is 7.21. The Labute approximate surface area is 161 Å². The predicted molar refractivity (Wildman–Crippen MR) is 102 cm³/mol. The van der Waals surface area contributed by atoms with Crippen molar-refractivity contribution in [1.29, 1.82) is 0 Å². The quantitative estimate of drug-likeness (QED) is 0.721. The number of hydrogen-bond acceptors (Lipinski definition) is 3. The minimum absolute atomic E-state index is 0.0619. The van der Waals surface area contributed by atoms with Gasteiger partial charge in [-0.2, -0.15) is 5.10 Å². The summed E-state index contributed by atoms with van der Waals surface area (Å²) in [5, 5.41) is 8.19. The fourth-order valence-electron chi connectivity index (χ4n) is 3.80. The largest absolute Gasteiger partial charge is 0.361 e. The highest BCUT2D eigenvalue weighted by Crippen LogP contribution is 2.27. The highest BCUT2D eigenvalue weighted by atomic mass is 19.1. The molecule has 0 fully saturated rings. The predicted octanol–water partition coefficient (Wildman–Crippen LogP) is 1.85. The van der Waals surface area contributed by atoms with Crippen LogP contribution < -0.4 is 5.32 Å². The highest BCUT2D eigenvalue weighted by Gasteiger charge is 2.34. The maximum atomic E-state index is 13.5. The van der Waals surface area contributed by atoms with Gasteiger partial charge >= 0.3 is 0 Å². The number of benzene rings is 1. The topological polar surface area (TPSA) is 83.0 Å². The van der Waals surface area contributed by atoms with Crippen LogP contribution in [0.1, 0.15) is 29.7 Å². The van der Waals surface area contributed by atoms with E-state index >= 15 is 0 Å². The molecule has 146 valence electrons. The fourth-order valence-corrected chi connectivity index (χ4v) is 3.80. The lowest BCUT2D eigenvalue weighted by Crippen LogP contribution is -2.43. The van der Waals surface area contributed by atoms with Crippen molar-refractivity contribution >= 4 is 22.7 Å². The van der Waals surface area contributed by atoms with Gasteiger partial charge in [0.1, 0.15) is 5.82 Å². The minimum Gasteiger partial charge on any atom is -0.361 e. The molecule has 8 heteroatoms. The molecule has 3 aromatic rings. The number of fused-ring (bicyclic) bond motifs is 2. The number of nitrogens with one attached hydrogen (secondary N) is 2. The van der Waals surface area contributed by atoms with Gasteiger partial charge in [0.25, 0.3) is 0 Å². The van der Waals surface area contributed by atoms with Crippen LogP contribution in [0.15, 0.2) is 30.6 Å². The normalized spacial score (nSPS) is 16.2. The molecule has 4 rings (SSSR count). The summed E-state index contributed by atoms with van der Waals surface area (Å²) < 4.78 is 15.2. The number of H-pyrrole nitrogens is 1. The van der Waals surface area contributed by atoms with Crippen LogP contribution >= 0.6 is 0 Å². The number of halogens is 1. The maximum absolute atomic E-state index is 13.5. The molecule has 0 saturated carbocycles. The maximum Gasteiger partial charge on any atom is 0.231 e. The zero-order valence-electron chi connectivity index (χ0n) is 15.8. The van der Waals surface area contributed by atoms with Crippen molar-refractivity contribution in [3.05, 3.63) is 53.2 Å². The van der Waals surface area contributed by atoms with E-state index in [0.29, 0.717) is 26.1 Å². The number of nitrogens with zero attached hydrogens (tertiary/aromatic N) is 3. The first-order valence-corrected chi connectivity index (χ1v) is 9.23. The summed E-state index contributed by atoms with van der Waals surface area (Å²) in [7, 11) is 1.81. The van der Waals surface area contributed by atoms with E-state index in [2.05, 4.69) is 15.4 Å². The smallest absolute Gasteiger partial charge is 0.231 e. The molecule has 1 aromatic carbocycles. The Morgan fingerprint density at radius 1 is 1.39 bits per heavy atom. The van der Waals surface area contributed by atoms with Gasteiger partial charge in [-0.05, 0) is 30.2 Å². The molecule has 28 heavy (non-hydrogen) atoms. The molecule has 2 N–H and O–H groups in total. The van der Waals surface area contributed by atoms with Crippen molar-refractivity contribution in [3.8, 4) is 0 Å². The number of hydrogen-bond donors (Lipinski definition) is 2. The molecule has 2 amide bonds. The second kappa shape index (κ2) is 7.10. The molecule has 1 atom stereocenters. The average molecular weight is 383 g/mol. The SMILES string of the molecule is CC(=O)N1Cc2cn(C)nc2C(C(=O)NCCc2c[nH]c3ccc(F)cc23)C1. The van der Waals surface area contributed by atoms with E-state index in [1.54, 1.807) is 15.6 Å². The van der Waals surface area contributed by atoms with Crippen molar-refractivity contribution in [2.24, 2.45) is 7.05 Å². The van der Waals surface area contributed by atoms with Crippen LogP contribution in [-0.4, -0.2) is 44.6 Å². The van der Waals surface area contributed by atoms with Crippen LogP contribution in [0.5, 0.6) is 0 Å². The second-order valence-electron chi connectivity index (χ2n) is 7.21. The summed E-state index contributed by atoms with van der Waals surface area (Å²) >= 11 is 0.